The molecule has 35 heavy (non-hydrogen) atoms. The van der Waals surface area contributed by atoms with Crippen molar-refractivity contribution >= 4 is 40.9 Å². The molecule has 1 amide bonds. The number of nitrogens with two attached hydrogens (primary N) is 1. The first-order valence-electron chi connectivity index (χ1n) is 11.6. The van der Waals surface area contributed by atoms with Gasteiger partial charge in [0.15, 0.2) is 0 Å². The topological polar surface area (TPSA) is 106 Å². The zero-order chi connectivity index (χ0) is 24.4. The van der Waals surface area contributed by atoms with Crippen LogP contribution in [-0.4, -0.2) is 52.7 Å². The van der Waals surface area contributed by atoms with Gasteiger partial charge in [0.25, 0.3) is 5.91 Å². The number of halogens is 1. The molecule has 0 radical (unpaired) electrons. The van der Waals surface area contributed by atoms with Crippen molar-refractivity contribution in [3.05, 3.63) is 65.7 Å². The van der Waals surface area contributed by atoms with Crippen molar-refractivity contribution < 1.29 is 9.53 Å². The summed E-state index contributed by atoms with van der Waals surface area (Å²) in [4.78, 5) is 29.6. The molecule has 182 valence electrons. The molecule has 0 aliphatic carbocycles. The summed E-state index contributed by atoms with van der Waals surface area (Å²) in [6.07, 6.45) is 7.25. The normalized spacial score (nSPS) is 21.3. The highest BCUT2D eigenvalue weighted by molar-refractivity contribution is 7.99. The predicted molar refractivity (Wildman–Crippen MR) is 137 cm³/mol. The molecule has 3 N–H and O–H groups in total. The average molecular weight is 511 g/mol. The van der Waals surface area contributed by atoms with Gasteiger partial charge in [0.2, 0.25) is 5.95 Å². The Morgan fingerprint density at radius 1 is 1.17 bits per heavy atom. The third-order valence-electron chi connectivity index (χ3n) is 6.84. The Hall–Kier alpha value is -2.72. The van der Waals surface area contributed by atoms with Crippen molar-refractivity contribution in [2.75, 3.05) is 29.9 Å². The van der Waals surface area contributed by atoms with Crippen LogP contribution >= 0.6 is 23.4 Å². The van der Waals surface area contributed by atoms with E-state index in [-0.39, 0.29) is 23.5 Å². The maximum Gasteiger partial charge on any atom is 0.274 e. The lowest BCUT2D eigenvalue weighted by molar-refractivity contribution is 0.0973. The van der Waals surface area contributed by atoms with E-state index in [0.29, 0.717) is 22.4 Å². The number of hydrogen-bond donors (Lipinski definition) is 2. The van der Waals surface area contributed by atoms with Gasteiger partial charge in [-0.05, 0) is 44.0 Å². The van der Waals surface area contributed by atoms with Gasteiger partial charge in [0.1, 0.15) is 5.69 Å². The Labute approximate surface area is 213 Å². The summed E-state index contributed by atoms with van der Waals surface area (Å²) >= 11 is 8.05. The first kappa shape index (κ1) is 24.0. The second-order valence-electron chi connectivity index (χ2n) is 9.00. The summed E-state index contributed by atoms with van der Waals surface area (Å²) in [5.74, 6) is 0.400. The fourth-order valence-corrected chi connectivity index (χ4v) is 5.75. The minimum atomic E-state index is -0.315. The standard InChI is InChI=1S/C25H27ClN6O2S/c1-16-22(27)25(15-34-16)8-11-32(12-9-25)24-29-13-17(14-30-24)35-20-7-4-6-18(21(20)26)31-23(33)19-5-2-3-10-28-19/h2-7,10,13-14,16,22H,8-9,11-12,15,27H2,1H3,(H,31,33)/t16-,22+/m0/s1. The molecule has 2 saturated heterocycles. The molecule has 0 saturated carbocycles. The van der Waals surface area contributed by atoms with E-state index in [2.05, 4.69) is 32.1 Å². The van der Waals surface area contributed by atoms with Crippen LogP contribution in [0.25, 0.3) is 0 Å². The number of pyridine rings is 1. The largest absolute Gasteiger partial charge is 0.376 e. The van der Waals surface area contributed by atoms with E-state index in [1.165, 1.54) is 11.8 Å². The highest BCUT2D eigenvalue weighted by Gasteiger charge is 2.47. The van der Waals surface area contributed by atoms with Gasteiger partial charge in [0.05, 0.1) is 23.4 Å². The summed E-state index contributed by atoms with van der Waals surface area (Å²) < 4.78 is 5.82. The number of aromatic nitrogens is 3. The lowest BCUT2D eigenvalue weighted by Crippen LogP contribution is -2.50. The minimum absolute atomic E-state index is 0.0689. The number of piperidine rings is 1. The number of hydrogen-bond acceptors (Lipinski definition) is 8. The van der Waals surface area contributed by atoms with E-state index in [1.54, 1.807) is 42.9 Å². The zero-order valence-electron chi connectivity index (χ0n) is 19.4. The molecule has 1 aromatic carbocycles. The highest BCUT2D eigenvalue weighted by Crippen LogP contribution is 2.42. The van der Waals surface area contributed by atoms with Gasteiger partial charge >= 0.3 is 0 Å². The number of rotatable bonds is 5. The number of amides is 1. The molecule has 2 aliphatic heterocycles. The Morgan fingerprint density at radius 2 is 1.94 bits per heavy atom. The van der Waals surface area contributed by atoms with Crippen molar-refractivity contribution in [1.29, 1.82) is 0 Å². The van der Waals surface area contributed by atoms with Gasteiger partial charge in [-0.25, -0.2) is 9.97 Å². The van der Waals surface area contributed by atoms with Crippen LogP contribution in [0, 0.1) is 5.41 Å². The van der Waals surface area contributed by atoms with Crippen LogP contribution in [0.2, 0.25) is 5.02 Å². The third kappa shape index (κ3) is 4.99. The van der Waals surface area contributed by atoms with Gasteiger partial charge in [-0.2, -0.15) is 0 Å². The van der Waals surface area contributed by atoms with Gasteiger partial charge < -0.3 is 20.7 Å². The Bertz CT molecular complexity index is 1190. The summed E-state index contributed by atoms with van der Waals surface area (Å²) in [5.41, 5.74) is 7.35. The highest BCUT2D eigenvalue weighted by atomic mass is 35.5. The number of benzene rings is 1. The van der Waals surface area contributed by atoms with Crippen molar-refractivity contribution in [3.8, 4) is 0 Å². The average Bonchev–Trinajstić information content (AvgIpc) is 3.16. The Balaban J connectivity index is 1.22. The van der Waals surface area contributed by atoms with Gasteiger partial charge in [-0.1, -0.05) is 35.5 Å². The molecule has 0 bridgehead atoms. The molecule has 8 nitrogen and oxygen atoms in total. The lowest BCUT2D eigenvalue weighted by atomic mass is 9.73. The summed E-state index contributed by atoms with van der Waals surface area (Å²) in [6.45, 7) is 4.52. The monoisotopic (exact) mass is 510 g/mol. The van der Waals surface area contributed by atoms with E-state index in [0.717, 1.165) is 42.3 Å². The van der Waals surface area contributed by atoms with Crippen LogP contribution in [0.3, 0.4) is 0 Å². The molecule has 4 heterocycles. The number of anilines is 2. The maximum absolute atomic E-state index is 12.5. The van der Waals surface area contributed by atoms with E-state index in [9.17, 15) is 4.79 Å². The maximum atomic E-state index is 12.5. The van der Waals surface area contributed by atoms with Crippen molar-refractivity contribution in [1.82, 2.24) is 15.0 Å². The van der Waals surface area contributed by atoms with Crippen molar-refractivity contribution in [3.63, 3.8) is 0 Å². The van der Waals surface area contributed by atoms with Crippen molar-refractivity contribution in [2.45, 2.75) is 41.7 Å². The molecule has 2 aromatic heterocycles. The second-order valence-corrected chi connectivity index (χ2v) is 10.5. The number of nitrogens with zero attached hydrogens (tertiary/aromatic N) is 4. The third-order valence-corrected chi connectivity index (χ3v) is 8.37. The van der Waals surface area contributed by atoms with Crippen LogP contribution < -0.4 is 16.0 Å². The zero-order valence-corrected chi connectivity index (χ0v) is 20.9. The summed E-state index contributed by atoms with van der Waals surface area (Å²) in [6, 6.07) is 10.8. The van der Waals surface area contributed by atoms with Crippen LogP contribution in [0.4, 0.5) is 11.6 Å². The molecule has 2 aliphatic rings. The van der Waals surface area contributed by atoms with E-state index < -0.39 is 0 Å². The van der Waals surface area contributed by atoms with Gasteiger partial charge in [-0.3, -0.25) is 9.78 Å². The van der Waals surface area contributed by atoms with E-state index in [4.69, 9.17) is 22.1 Å². The number of nitrogens with one attached hydrogen (secondary N) is 1. The smallest absolute Gasteiger partial charge is 0.274 e. The van der Waals surface area contributed by atoms with Crippen LogP contribution in [0.5, 0.6) is 0 Å². The SMILES string of the molecule is C[C@@H]1OCC2(CCN(c3ncc(Sc4cccc(NC(=O)c5ccccn5)c4Cl)cn3)CC2)[C@@H]1N. The quantitative estimate of drug-likeness (QED) is 0.524. The number of carbonyl (C=O) groups excluding carboxylic acids is 1. The molecule has 1 spiro atoms. The van der Waals surface area contributed by atoms with Crippen LogP contribution in [0.1, 0.15) is 30.3 Å². The molecular weight excluding hydrogens is 484 g/mol. The molecule has 10 heteroatoms. The van der Waals surface area contributed by atoms with Gasteiger partial charge in [0, 0.05) is 52.9 Å². The molecular formula is C25H27ClN6O2S. The fourth-order valence-electron chi connectivity index (χ4n) is 4.65. The first-order valence-corrected chi connectivity index (χ1v) is 12.8. The van der Waals surface area contributed by atoms with Crippen LogP contribution in [0.15, 0.2) is 64.8 Å². The molecule has 5 rings (SSSR count). The molecule has 0 unspecified atom stereocenters. The lowest BCUT2D eigenvalue weighted by Gasteiger charge is -2.41. The van der Waals surface area contributed by atoms with Gasteiger partial charge in [-0.15, -0.1) is 0 Å². The number of ether oxygens (including phenoxy) is 1. The fraction of sp³-hybridized carbons (Fsp3) is 0.360. The number of carbonyl (C=O) groups is 1. The molecule has 2 atom stereocenters. The van der Waals surface area contributed by atoms with Crippen molar-refractivity contribution in [2.24, 2.45) is 11.1 Å². The summed E-state index contributed by atoms with van der Waals surface area (Å²) in [5, 5.41) is 3.28. The van der Waals surface area contributed by atoms with E-state index in [1.807, 2.05) is 12.1 Å². The predicted octanol–water partition coefficient (Wildman–Crippen LogP) is 4.26. The minimum Gasteiger partial charge on any atom is -0.376 e. The molecule has 2 fully saturated rings. The molecule has 3 aromatic rings. The summed E-state index contributed by atoms with van der Waals surface area (Å²) in [7, 11) is 0. The Morgan fingerprint density at radius 3 is 2.60 bits per heavy atom. The Kier molecular flexibility index (Phi) is 6.93. The second kappa shape index (κ2) is 10.1. The van der Waals surface area contributed by atoms with E-state index >= 15 is 0 Å². The van der Waals surface area contributed by atoms with Crippen LogP contribution in [-0.2, 0) is 4.74 Å². The first-order chi connectivity index (χ1) is 16.9.